The number of nitrogen functional groups attached to an aromatic ring is 1. The van der Waals surface area contributed by atoms with E-state index in [0.717, 1.165) is 0 Å². The summed E-state index contributed by atoms with van der Waals surface area (Å²) >= 11 is 0. The average Bonchev–Trinajstić information content (AvgIpc) is 2.47. The van der Waals surface area contributed by atoms with Gasteiger partial charge in [0.1, 0.15) is 17.4 Å². The lowest BCUT2D eigenvalue weighted by Gasteiger charge is -2.10. The number of rotatable bonds is 5. The maximum Gasteiger partial charge on any atom is 0.273 e. The molecule has 1 aromatic heterocycles. The number of hydrogen-bond donors (Lipinski definition) is 2. The summed E-state index contributed by atoms with van der Waals surface area (Å²) in [7, 11) is 0. The fraction of sp³-hybridized carbons (Fsp3) is 0.231. The molecule has 0 spiro atoms. The predicted octanol–water partition coefficient (Wildman–Crippen LogP) is 2.59. The highest BCUT2D eigenvalue weighted by Gasteiger charge is 2.11. The second-order valence-electron chi connectivity index (χ2n) is 4.61. The maximum atomic E-state index is 10.7. The SMILES string of the molecule is CC(C)c1nc(NN)cc(Oc2cccc([N+](=O)[O-])c2)n1. The van der Waals surface area contributed by atoms with Crippen molar-refractivity contribution in [1.29, 1.82) is 0 Å². The van der Waals surface area contributed by atoms with Crippen LogP contribution in [0.15, 0.2) is 30.3 Å². The van der Waals surface area contributed by atoms with Crippen LogP contribution in [0.1, 0.15) is 25.6 Å². The monoisotopic (exact) mass is 289 g/mol. The van der Waals surface area contributed by atoms with Crippen molar-refractivity contribution in [1.82, 2.24) is 9.97 Å². The van der Waals surface area contributed by atoms with Crippen LogP contribution in [0.5, 0.6) is 11.6 Å². The van der Waals surface area contributed by atoms with Crippen molar-refractivity contribution < 1.29 is 9.66 Å². The number of ether oxygens (including phenoxy) is 1. The second-order valence-corrected chi connectivity index (χ2v) is 4.61. The van der Waals surface area contributed by atoms with Crippen LogP contribution in [-0.2, 0) is 0 Å². The van der Waals surface area contributed by atoms with Crippen LogP contribution < -0.4 is 16.0 Å². The molecule has 0 saturated heterocycles. The van der Waals surface area contributed by atoms with E-state index >= 15 is 0 Å². The van der Waals surface area contributed by atoms with Crippen LogP contribution in [0.4, 0.5) is 11.5 Å². The lowest BCUT2D eigenvalue weighted by molar-refractivity contribution is -0.384. The zero-order valence-corrected chi connectivity index (χ0v) is 11.6. The van der Waals surface area contributed by atoms with Crippen molar-refractivity contribution in [2.75, 3.05) is 5.43 Å². The Hall–Kier alpha value is -2.74. The van der Waals surface area contributed by atoms with Crippen molar-refractivity contribution in [3.63, 3.8) is 0 Å². The number of benzene rings is 1. The Morgan fingerprint density at radius 2 is 2.10 bits per heavy atom. The predicted molar refractivity (Wildman–Crippen MR) is 77.1 cm³/mol. The topological polar surface area (TPSA) is 116 Å². The number of anilines is 1. The van der Waals surface area contributed by atoms with Gasteiger partial charge in [-0.1, -0.05) is 19.9 Å². The highest BCUT2D eigenvalue weighted by Crippen LogP contribution is 2.26. The summed E-state index contributed by atoms with van der Waals surface area (Å²) in [6.45, 7) is 3.87. The molecule has 8 nitrogen and oxygen atoms in total. The molecule has 0 saturated carbocycles. The van der Waals surface area contributed by atoms with Gasteiger partial charge < -0.3 is 10.2 Å². The summed E-state index contributed by atoms with van der Waals surface area (Å²) in [5.74, 6) is 7.01. The van der Waals surface area contributed by atoms with Gasteiger partial charge in [-0.3, -0.25) is 10.1 Å². The van der Waals surface area contributed by atoms with Gasteiger partial charge in [0.05, 0.1) is 11.0 Å². The summed E-state index contributed by atoms with van der Waals surface area (Å²) in [4.78, 5) is 18.7. The third kappa shape index (κ3) is 3.63. The number of nitrogens with zero attached hydrogens (tertiary/aromatic N) is 3. The number of nitrogens with two attached hydrogens (primary N) is 1. The van der Waals surface area contributed by atoms with Gasteiger partial charge in [-0.15, -0.1) is 0 Å². The first-order valence-corrected chi connectivity index (χ1v) is 6.27. The molecule has 0 unspecified atom stereocenters. The van der Waals surface area contributed by atoms with Crippen molar-refractivity contribution in [2.24, 2.45) is 5.84 Å². The van der Waals surface area contributed by atoms with Crippen molar-refractivity contribution in [3.05, 3.63) is 46.3 Å². The maximum absolute atomic E-state index is 10.7. The van der Waals surface area contributed by atoms with Crippen LogP contribution in [0.25, 0.3) is 0 Å². The molecule has 0 radical (unpaired) electrons. The Morgan fingerprint density at radius 3 is 2.71 bits per heavy atom. The third-order valence-electron chi connectivity index (χ3n) is 2.64. The van der Waals surface area contributed by atoms with Gasteiger partial charge in [-0.25, -0.2) is 10.8 Å². The van der Waals surface area contributed by atoms with E-state index in [9.17, 15) is 10.1 Å². The largest absolute Gasteiger partial charge is 0.439 e. The van der Waals surface area contributed by atoms with Crippen molar-refractivity contribution in [3.8, 4) is 11.6 Å². The minimum Gasteiger partial charge on any atom is -0.439 e. The number of nitro benzene ring substituents is 1. The Morgan fingerprint density at radius 1 is 1.33 bits per heavy atom. The van der Waals surface area contributed by atoms with Crippen LogP contribution in [0.3, 0.4) is 0 Å². The molecule has 0 amide bonds. The summed E-state index contributed by atoms with van der Waals surface area (Å²) < 4.78 is 5.55. The molecule has 8 heteroatoms. The Balaban J connectivity index is 2.32. The Kier molecular flexibility index (Phi) is 4.29. The van der Waals surface area contributed by atoms with E-state index in [-0.39, 0.29) is 17.5 Å². The minimum atomic E-state index is -0.487. The lowest BCUT2D eigenvalue weighted by atomic mass is 10.2. The number of nitro groups is 1. The average molecular weight is 289 g/mol. The molecule has 110 valence electrons. The molecule has 0 aliphatic heterocycles. The van der Waals surface area contributed by atoms with E-state index in [1.165, 1.54) is 18.2 Å². The fourth-order valence-electron chi connectivity index (χ4n) is 1.61. The highest BCUT2D eigenvalue weighted by atomic mass is 16.6. The molecule has 0 fully saturated rings. The van der Waals surface area contributed by atoms with Crippen LogP contribution in [0, 0.1) is 10.1 Å². The normalized spacial score (nSPS) is 10.5. The molecular weight excluding hydrogens is 274 g/mol. The summed E-state index contributed by atoms with van der Waals surface area (Å²) in [5.41, 5.74) is 2.39. The van der Waals surface area contributed by atoms with Crippen molar-refractivity contribution in [2.45, 2.75) is 19.8 Å². The number of hydrazine groups is 1. The van der Waals surface area contributed by atoms with Gasteiger partial charge in [-0.2, -0.15) is 4.98 Å². The van der Waals surface area contributed by atoms with E-state index in [0.29, 0.717) is 17.4 Å². The standard InChI is InChI=1S/C13H15N5O3/c1-8(2)13-15-11(17-14)7-12(16-13)21-10-5-3-4-9(6-10)18(19)20/h3-8H,14H2,1-2H3,(H,15,16,17). The lowest BCUT2D eigenvalue weighted by Crippen LogP contribution is -2.11. The molecule has 2 aromatic rings. The van der Waals surface area contributed by atoms with Gasteiger partial charge in [0.15, 0.2) is 0 Å². The van der Waals surface area contributed by atoms with Crippen LogP contribution in [-0.4, -0.2) is 14.9 Å². The third-order valence-corrected chi connectivity index (χ3v) is 2.64. The van der Waals surface area contributed by atoms with E-state index in [1.807, 2.05) is 13.8 Å². The van der Waals surface area contributed by atoms with E-state index in [2.05, 4.69) is 15.4 Å². The van der Waals surface area contributed by atoms with Crippen molar-refractivity contribution >= 4 is 11.5 Å². The number of nitrogens with one attached hydrogen (secondary N) is 1. The first-order valence-electron chi connectivity index (χ1n) is 6.27. The van der Waals surface area contributed by atoms with E-state index in [4.69, 9.17) is 10.6 Å². The quantitative estimate of drug-likeness (QED) is 0.493. The van der Waals surface area contributed by atoms with Gasteiger partial charge in [-0.05, 0) is 6.07 Å². The van der Waals surface area contributed by atoms with Crippen LogP contribution in [0.2, 0.25) is 0 Å². The van der Waals surface area contributed by atoms with Gasteiger partial charge in [0, 0.05) is 18.1 Å². The minimum absolute atomic E-state index is 0.0530. The smallest absolute Gasteiger partial charge is 0.273 e. The zero-order chi connectivity index (χ0) is 15.4. The Bertz CT molecular complexity index is 660. The molecule has 0 aliphatic carbocycles. The second kappa shape index (κ2) is 6.14. The summed E-state index contributed by atoms with van der Waals surface area (Å²) in [6.07, 6.45) is 0. The summed E-state index contributed by atoms with van der Waals surface area (Å²) in [5, 5.41) is 10.7. The highest BCUT2D eigenvalue weighted by molar-refractivity contribution is 5.42. The summed E-state index contributed by atoms with van der Waals surface area (Å²) in [6, 6.07) is 7.39. The molecule has 0 atom stereocenters. The molecule has 0 bridgehead atoms. The first-order chi connectivity index (χ1) is 9.99. The van der Waals surface area contributed by atoms with Gasteiger partial charge in [0.25, 0.3) is 5.69 Å². The molecule has 3 N–H and O–H groups in total. The van der Waals surface area contributed by atoms with E-state index < -0.39 is 4.92 Å². The van der Waals surface area contributed by atoms with Crippen LogP contribution >= 0.6 is 0 Å². The van der Waals surface area contributed by atoms with Gasteiger partial charge >= 0.3 is 0 Å². The first kappa shape index (κ1) is 14.7. The molecular formula is C13H15N5O3. The number of non-ortho nitro benzene ring substituents is 1. The number of aromatic nitrogens is 2. The van der Waals surface area contributed by atoms with Gasteiger partial charge in [0.2, 0.25) is 5.88 Å². The molecule has 1 heterocycles. The molecule has 2 rings (SSSR count). The molecule has 21 heavy (non-hydrogen) atoms. The molecule has 1 aromatic carbocycles. The Labute approximate surface area is 121 Å². The zero-order valence-electron chi connectivity index (χ0n) is 11.6. The molecule has 0 aliphatic rings. The number of hydrogen-bond acceptors (Lipinski definition) is 7. The van der Waals surface area contributed by atoms with E-state index in [1.54, 1.807) is 12.1 Å². The fourth-order valence-corrected chi connectivity index (χ4v) is 1.61.